The van der Waals surface area contributed by atoms with Crippen LogP contribution in [0.25, 0.3) is 0 Å². The Morgan fingerprint density at radius 3 is 2.54 bits per heavy atom. The predicted octanol–water partition coefficient (Wildman–Crippen LogP) is 3.40. The molecule has 0 saturated heterocycles. The summed E-state index contributed by atoms with van der Waals surface area (Å²) in [4.78, 5) is 4.47. The lowest BCUT2D eigenvalue weighted by Gasteiger charge is -2.17. The lowest BCUT2D eigenvalue weighted by molar-refractivity contribution is 0.519. The molecule has 0 fully saturated rings. The molecule has 13 heavy (non-hydrogen) atoms. The molecule has 0 aliphatic heterocycles. The zero-order valence-electron chi connectivity index (χ0n) is 9.04. The van der Waals surface area contributed by atoms with Crippen molar-refractivity contribution in [3.05, 3.63) is 29.6 Å². The summed E-state index contributed by atoms with van der Waals surface area (Å²) >= 11 is 0. The Labute approximate surface area is 81.2 Å². The molecule has 1 heteroatoms. The molecule has 1 heterocycles. The Balaban J connectivity index is 2.98. The van der Waals surface area contributed by atoms with Gasteiger partial charge in [-0.3, -0.25) is 4.98 Å². The summed E-state index contributed by atoms with van der Waals surface area (Å²) in [5, 5.41) is 0. The van der Waals surface area contributed by atoms with Crippen molar-refractivity contribution in [2.24, 2.45) is 5.92 Å². The fourth-order valence-electron chi connectivity index (χ4n) is 1.48. The van der Waals surface area contributed by atoms with Crippen molar-refractivity contribution in [1.82, 2.24) is 4.98 Å². The summed E-state index contributed by atoms with van der Waals surface area (Å²) in [6, 6.07) is 4.20. The van der Waals surface area contributed by atoms with Crippen molar-refractivity contribution in [1.29, 1.82) is 0 Å². The molecule has 0 spiro atoms. The Hall–Kier alpha value is -0.850. The number of rotatable bonds is 3. The Bertz CT molecular complexity index is 266. The minimum Gasteiger partial charge on any atom is -0.261 e. The smallest absolute Gasteiger partial charge is 0.0466 e. The van der Waals surface area contributed by atoms with Gasteiger partial charge in [0.25, 0.3) is 0 Å². The van der Waals surface area contributed by atoms with Gasteiger partial charge in [0.1, 0.15) is 0 Å². The van der Waals surface area contributed by atoms with Crippen LogP contribution in [0.2, 0.25) is 0 Å². The molecule has 0 bridgehead atoms. The monoisotopic (exact) mass is 177 g/mol. The van der Waals surface area contributed by atoms with Gasteiger partial charge < -0.3 is 0 Å². The predicted molar refractivity (Wildman–Crippen MR) is 56.9 cm³/mol. The topological polar surface area (TPSA) is 12.9 Å². The number of hydrogen-bond donors (Lipinski definition) is 0. The van der Waals surface area contributed by atoms with Crippen molar-refractivity contribution in [2.45, 2.75) is 40.0 Å². The molecule has 0 aliphatic carbocycles. The van der Waals surface area contributed by atoms with Crippen molar-refractivity contribution in [3.63, 3.8) is 0 Å². The first kappa shape index (κ1) is 10.2. The van der Waals surface area contributed by atoms with E-state index in [1.165, 1.54) is 11.3 Å². The summed E-state index contributed by atoms with van der Waals surface area (Å²) < 4.78 is 0. The second-order valence-electron chi connectivity index (χ2n) is 3.93. The van der Waals surface area contributed by atoms with E-state index in [1.54, 1.807) is 0 Å². The first-order valence-electron chi connectivity index (χ1n) is 5.10. The molecule has 0 N–H and O–H groups in total. The maximum Gasteiger partial charge on any atom is 0.0466 e. The van der Waals surface area contributed by atoms with Gasteiger partial charge in [-0.15, -0.1) is 0 Å². The number of aryl methyl sites for hydroxylation is 1. The van der Waals surface area contributed by atoms with Gasteiger partial charge in [0.15, 0.2) is 0 Å². The first-order chi connectivity index (χ1) is 6.16. The lowest BCUT2D eigenvalue weighted by atomic mass is 9.91. The highest BCUT2D eigenvalue weighted by molar-refractivity contribution is 5.23. The van der Waals surface area contributed by atoms with Gasteiger partial charge in [-0.2, -0.15) is 0 Å². The van der Waals surface area contributed by atoms with E-state index in [2.05, 4.69) is 38.7 Å². The second kappa shape index (κ2) is 4.40. The molecule has 72 valence electrons. The Kier molecular flexibility index (Phi) is 3.47. The van der Waals surface area contributed by atoms with Gasteiger partial charge in [-0.05, 0) is 24.0 Å². The van der Waals surface area contributed by atoms with Crippen LogP contribution in [0.4, 0.5) is 0 Å². The van der Waals surface area contributed by atoms with Gasteiger partial charge in [0, 0.05) is 17.8 Å². The molecule has 1 atom stereocenters. The first-order valence-corrected chi connectivity index (χ1v) is 5.10. The molecular formula is C12H19N. The third kappa shape index (κ3) is 2.30. The van der Waals surface area contributed by atoms with E-state index >= 15 is 0 Å². The molecule has 0 aliphatic rings. The van der Waals surface area contributed by atoms with Crippen LogP contribution in [0.3, 0.4) is 0 Å². The van der Waals surface area contributed by atoms with Crippen molar-refractivity contribution >= 4 is 0 Å². The minimum atomic E-state index is 0.566. The van der Waals surface area contributed by atoms with Crippen LogP contribution in [-0.2, 0) is 6.42 Å². The van der Waals surface area contributed by atoms with Crippen LogP contribution in [0.5, 0.6) is 0 Å². The SMILES string of the molecule is CCc1cccnc1C(C)C(C)C. The summed E-state index contributed by atoms with van der Waals surface area (Å²) in [7, 11) is 0. The van der Waals surface area contributed by atoms with E-state index < -0.39 is 0 Å². The van der Waals surface area contributed by atoms with Gasteiger partial charge in [0.2, 0.25) is 0 Å². The van der Waals surface area contributed by atoms with Crippen LogP contribution < -0.4 is 0 Å². The molecule has 0 radical (unpaired) electrons. The molecular weight excluding hydrogens is 158 g/mol. The van der Waals surface area contributed by atoms with E-state index in [0.29, 0.717) is 11.8 Å². The molecule has 1 nitrogen and oxygen atoms in total. The van der Waals surface area contributed by atoms with Crippen LogP contribution in [-0.4, -0.2) is 4.98 Å². The third-order valence-corrected chi connectivity index (χ3v) is 2.74. The van der Waals surface area contributed by atoms with E-state index in [4.69, 9.17) is 0 Å². The van der Waals surface area contributed by atoms with Crippen LogP contribution in [0, 0.1) is 5.92 Å². The molecule has 0 saturated carbocycles. The van der Waals surface area contributed by atoms with Crippen molar-refractivity contribution in [2.75, 3.05) is 0 Å². The number of nitrogens with zero attached hydrogens (tertiary/aromatic N) is 1. The van der Waals surface area contributed by atoms with Crippen molar-refractivity contribution in [3.8, 4) is 0 Å². The summed E-state index contributed by atoms with van der Waals surface area (Å²) in [6.45, 7) is 8.94. The third-order valence-electron chi connectivity index (χ3n) is 2.74. The lowest BCUT2D eigenvalue weighted by Crippen LogP contribution is -2.07. The molecule has 0 aromatic carbocycles. The molecule has 0 amide bonds. The van der Waals surface area contributed by atoms with Gasteiger partial charge in [0.05, 0.1) is 0 Å². The molecule has 1 unspecified atom stereocenters. The van der Waals surface area contributed by atoms with E-state index in [0.717, 1.165) is 6.42 Å². The summed E-state index contributed by atoms with van der Waals surface area (Å²) in [6.07, 6.45) is 2.98. The van der Waals surface area contributed by atoms with Gasteiger partial charge in [-0.1, -0.05) is 33.8 Å². The quantitative estimate of drug-likeness (QED) is 0.689. The van der Waals surface area contributed by atoms with E-state index in [9.17, 15) is 0 Å². The van der Waals surface area contributed by atoms with Gasteiger partial charge >= 0.3 is 0 Å². The maximum atomic E-state index is 4.47. The molecule has 1 aromatic heterocycles. The largest absolute Gasteiger partial charge is 0.261 e. The van der Waals surface area contributed by atoms with Gasteiger partial charge in [-0.25, -0.2) is 0 Å². The number of aromatic nitrogens is 1. The van der Waals surface area contributed by atoms with E-state index in [-0.39, 0.29) is 0 Å². The summed E-state index contributed by atoms with van der Waals surface area (Å²) in [5.74, 6) is 1.23. The van der Waals surface area contributed by atoms with Crippen LogP contribution in [0.15, 0.2) is 18.3 Å². The zero-order chi connectivity index (χ0) is 9.84. The molecule has 1 rings (SSSR count). The Morgan fingerprint density at radius 2 is 2.00 bits per heavy atom. The normalized spacial score (nSPS) is 13.3. The van der Waals surface area contributed by atoms with E-state index in [1.807, 2.05) is 12.3 Å². The number of hydrogen-bond acceptors (Lipinski definition) is 1. The summed E-state index contributed by atoms with van der Waals surface area (Å²) in [5.41, 5.74) is 2.67. The minimum absolute atomic E-state index is 0.566. The van der Waals surface area contributed by atoms with Crippen molar-refractivity contribution < 1.29 is 0 Å². The fraction of sp³-hybridized carbons (Fsp3) is 0.583. The maximum absolute atomic E-state index is 4.47. The molecule has 1 aromatic rings. The zero-order valence-corrected chi connectivity index (χ0v) is 9.04. The number of pyridine rings is 1. The highest BCUT2D eigenvalue weighted by Crippen LogP contribution is 2.24. The average Bonchev–Trinajstić information content (AvgIpc) is 2.16. The second-order valence-corrected chi connectivity index (χ2v) is 3.93. The highest BCUT2D eigenvalue weighted by atomic mass is 14.7. The van der Waals surface area contributed by atoms with Crippen LogP contribution >= 0.6 is 0 Å². The fourth-order valence-corrected chi connectivity index (χ4v) is 1.48. The average molecular weight is 177 g/mol. The Morgan fingerprint density at radius 1 is 1.31 bits per heavy atom. The standard InChI is InChI=1S/C12H19N/c1-5-11-7-6-8-13-12(11)10(4)9(2)3/h6-10H,5H2,1-4H3. The highest BCUT2D eigenvalue weighted by Gasteiger charge is 2.13. The van der Waals surface area contributed by atoms with Crippen LogP contribution in [0.1, 0.15) is 44.9 Å².